The first-order valence-electron chi connectivity index (χ1n) is 13.0. The van der Waals surface area contributed by atoms with E-state index in [2.05, 4.69) is 4.99 Å². The van der Waals surface area contributed by atoms with Gasteiger partial charge in [0, 0.05) is 5.02 Å². The lowest BCUT2D eigenvalue weighted by molar-refractivity contribution is -0.140. The van der Waals surface area contributed by atoms with E-state index in [9.17, 15) is 22.8 Å². The van der Waals surface area contributed by atoms with Gasteiger partial charge in [-0.1, -0.05) is 71.5 Å². The Labute approximate surface area is 252 Å². The fourth-order valence-electron chi connectivity index (χ4n) is 4.58. The average molecular weight is 629 g/mol. The maximum atomic E-state index is 14.3. The number of allylic oxidation sites excluding steroid dienone is 1. The second kappa shape index (κ2) is 12.5. The van der Waals surface area contributed by atoms with Gasteiger partial charge in [0.25, 0.3) is 5.56 Å². The number of halogens is 4. The first-order chi connectivity index (χ1) is 20.6. The molecule has 1 aliphatic rings. The zero-order valence-corrected chi connectivity index (χ0v) is 24.4. The Bertz CT molecular complexity index is 1870. The number of hydrogen-bond donors (Lipinski definition) is 0. The van der Waals surface area contributed by atoms with Crippen LogP contribution in [0.25, 0.3) is 6.08 Å². The Balaban J connectivity index is 1.62. The van der Waals surface area contributed by atoms with E-state index in [0.29, 0.717) is 28.7 Å². The molecule has 43 heavy (non-hydrogen) atoms. The van der Waals surface area contributed by atoms with Crippen molar-refractivity contribution >= 4 is 35.0 Å². The Hall–Kier alpha value is -4.35. The highest BCUT2D eigenvalue weighted by atomic mass is 35.5. The predicted molar refractivity (Wildman–Crippen MR) is 156 cm³/mol. The van der Waals surface area contributed by atoms with E-state index in [1.165, 1.54) is 44.4 Å². The third-order valence-corrected chi connectivity index (χ3v) is 7.74. The number of carbonyl (C=O) groups is 1. The second-order valence-corrected chi connectivity index (χ2v) is 10.7. The molecule has 2 heterocycles. The Morgan fingerprint density at radius 3 is 2.44 bits per heavy atom. The van der Waals surface area contributed by atoms with Gasteiger partial charge in [-0.3, -0.25) is 9.36 Å². The maximum absolute atomic E-state index is 14.3. The van der Waals surface area contributed by atoms with Crippen molar-refractivity contribution in [1.29, 1.82) is 0 Å². The summed E-state index contributed by atoms with van der Waals surface area (Å²) < 4.78 is 60.4. The third kappa shape index (κ3) is 6.37. The number of methoxy groups -OCH3 is 1. The molecule has 0 aliphatic carbocycles. The van der Waals surface area contributed by atoms with Crippen LogP contribution in [0.5, 0.6) is 11.5 Å². The number of alkyl halides is 3. The first-order valence-corrected chi connectivity index (χ1v) is 14.2. The van der Waals surface area contributed by atoms with Crippen molar-refractivity contribution in [1.82, 2.24) is 4.57 Å². The number of thiazole rings is 1. The summed E-state index contributed by atoms with van der Waals surface area (Å²) in [6, 6.07) is 19.0. The van der Waals surface area contributed by atoms with Gasteiger partial charge in [0.15, 0.2) is 22.0 Å². The van der Waals surface area contributed by atoms with Crippen molar-refractivity contribution in [2.24, 2.45) is 4.99 Å². The van der Waals surface area contributed by atoms with Gasteiger partial charge >= 0.3 is 12.1 Å². The first kappa shape index (κ1) is 30.1. The van der Waals surface area contributed by atoms with E-state index in [-0.39, 0.29) is 21.5 Å². The molecule has 0 N–H and O–H groups in total. The number of nitrogens with zero attached hydrogens (tertiary/aromatic N) is 2. The largest absolute Gasteiger partial charge is 0.493 e. The fraction of sp³-hybridized carbons (Fsp3) is 0.194. The van der Waals surface area contributed by atoms with Gasteiger partial charge in [-0.2, -0.15) is 13.2 Å². The van der Waals surface area contributed by atoms with Gasteiger partial charge in [-0.05, 0) is 54.0 Å². The highest BCUT2D eigenvalue weighted by molar-refractivity contribution is 7.07. The standard InChI is InChI=1S/C31H24ClF3N2O5S/c1-3-41-29(39)25-26(20-10-12-21(32)13-11-20)37-28(38)24(43-30(37)36-27(25)31(33,34)35)16-19-9-14-22(23(15-19)40-2)42-17-18-7-5-4-6-8-18/h4-16,26H,3,17H2,1-2H3/b24-16-/t26-/m0/s1. The van der Waals surface area contributed by atoms with Crippen LogP contribution in [0.1, 0.15) is 29.7 Å². The van der Waals surface area contributed by atoms with Crippen molar-refractivity contribution in [2.75, 3.05) is 13.7 Å². The predicted octanol–water partition coefficient (Wildman–Crippen LogP) is 5.58. The molecular weight excluding hydrogens is 605 g/mol. The van der Waals surface area contributed by atoms with Crippen LogP contribution < -0.4 is 24.4 Å². The molecule has 0 amide bonds. The minimum absolute atomic E-state index is 0.101. The zero-order valence-electron chi connectivity index (χ0n) is 22.9. The van der Waals surface area contributed by atoms with Crippen LogP contribution >= 0.6 is 22.9 Å². The van der Waals surface area contributed by atoms with Crippen molar-refractivity contribution in [3.63, 3.8) is 0 Å². The quantitative estimate of drug-likeness (QED) is 0.238. The number of esters is 1. The number of benzene rings is 3. The summed E-state index contributed by atoms with van der Waals surface area (Å²) in [6.07, 6.45) is -3.47. The average Bonchev–Trinajstić information content (AvgIpc) is 3.30. The van der Waals surface area contributed by atoms with E-state index in [1.807, 2.05) is 30.3 Å². The van der Waals surface area contributed by atoms with Crippen LogP contribution in [-0.4, -0.2) is 30.4 Å². The monoisotopic (exact) mass is 628 g/mol. The lowest BCUT2D eigenvalue weighted by atomic mass is 9.95. The van der Waals surface area contributed by atoms with Gasteiger partial charge < -0.3 is 14.2 Å². The van der Waals surface area contributed by atoms with Crippen LogP contribution in [0.2, 0.25) is 5.02 Å². The van der Waals surface area contributed by atoms with Crippen LogP contribution in [0.3, 0.4) is 0 Å². The lowest BCUT2D eigenvalue weighted by Gasteiger charge is -2.26. The van der Waals surface area contributed by atoms with Gasteiger partial charge in [0.1, 0.15) is 6.61 Å². The molecule has 0 unspecified atom stereocenters. The SMILES string of the molecule is CCOC(=O)C1=C(C(F)(F)F)N=c2s/c(=C\c3ccc(OCc4ccccc4)c(OC)c3)c(=O)n2[C@H]1c1ccc(Cl)cc1. The van der Waals surface area contributed by atoms with Crippen molar-refractivity contribution in [3.8, 4) is 11.5 Å². The van der Waals surface area contributed by atoms with Crippen molar-refractivity contribution in [2.45, 2.75) is 25.7 Å². The van der Waals surface area contributed by atoms with Gasteiger partial charge in [-0.15, -0.1) is 0 Å². The minimum atomic E-state index is -5.00. The Morgan fingerprint density at radius 1 is 1.07 bits per heavy atom. The molecule has 1 aromatic heterocycles. The summed E-state index contributed by atoms with van der Waals surface area (Å²) in [5.74, 6) is -0.342. The molecule has 0 spiro atoms. The summed E-state index contributed by atoms with van der Waals surface area (Å²) >= 11 is 6.79. The Kier molecular flexibility index (Phi) is 8.74. The van der Waals surface area contributed by atoms with E-state index in [4.69, 9.17) is 25.8 Å². The third-order valence-electron chi connectivity index (χ3n) is 6.50. The van der Waals surface area contributed by atoms with Gasteiger partial charge in [0.2, 0.25) is 0 Å². The highest BCUT2D eigenvalue weighted by Crippen LogP contribution is 2.38. The minimum Gasteiger partial charge on any atom is -0.493 e. The highest BCUT2D eigenvalue weighted by Gasteiger charge is 2.45. The van der Waals surface area contributed by atoms with E-state index in [1.54, 1.807) is 18.2 Å². The van der Waals surface area contributed by atoms with Gasteiger partial charge in [0.05, 0.1) is 29.9 Å². The number of rotatable bonds is 8. The topological polar surface area (TPSA) is 79.1 Å². The van der Waals surface area contributed by atoms with Crippen LogP contribution in [0.15, 0.2) is 93.9 Å². The molecule has 1 aliphatic heterocycles. The molecule has 5 rings (SSSR count). The van der Waals surface area contributed by atoms with Gasteiger partial charge in [-0.25, -0.2) is 9.79 Å². The molecule has 4 aromatic rings. The van der Waals surface area contributed by atoms with Crippen molar-refractivity contribution < 1.29 is 32.2 Å². The van der Waals surface area contributed by atoms with E-state index < -0.39 is 35.0 Å². The lowest BCUT2D eigenvalue weighted by Crippen LogP contribution is -2.41. The number of fused-ring (bicyclic) bond motifs is 1. The molecule has 0 saturated heterocycles. The number of hydrogen-bond acceptors (Lipinski definition) is 7. The molecule has 0 fully saturated rings. The summed E-state index contributed by atoms with van der Waals surface area (Å²) in [7, 11) is 1.48. The maximum Gasteiger partial charge on any atom is 0.434 e. The molecule has 0 radical (unpaired) electrons. The van der Waals surface area contributed by atoms with Crippen LogP contribution in [-0.2, 0) is 16.1 Å². The molecule has 7 nitrogen and oxygen atoms in total. The summed E-state index contributed by atoms with van der Waals surface area (Å²) in [4.78, 5) is 30.3. The summed E-state index contributed by atoms with van der Waals surface area (Å²) in [5.41, 5.74) is -1.09. The molecule has 222 valence electrons. The number of carbonyl (C=O) groups excluding carboxylic acids is 1. The molecule has 3 aromatic carbocycles. The zero-order chi connectivity index (χ0) is 30.7. The van der Waals surface area contributed by atoms with Crippen molar-refractivity contribution in [3.05, 3.63) is 125 Å². The molecule has 0 bridgehead atoms. The van der Waals surface area contributed by atoms with Crippen LogP contribution in [0.4, 0.5) is 13.2 Å². The van der Waals surface area contributed by atoms with E-state index >= 15 is 0 Å². The summed E-state index contributed by atoms with van der Waals surface area (Å²) in [6.45, 7) is 1.62. The smallest absolute Gasteiger partial charge is 0.434 e. The Morgan fingerprint density at radius 2 is 1.79 bits per heavy atom. The molecule has 0 saturated carbocycles. The second-order valence-electron chi connectivity index (χ2n) is 9.30. The van der Waals surface area contributed by atoms with E-state index in [0.717, 1.165) is 21.5 Å². The van der Waals surface area contributed by atoms with Crippen LogP contribution in [0, 0.1) is 0 Å². The molecule has 12 heteroatoms. The summed E-state index contributed by atoms with van der Waals surface area (Å²) in [5, 5.41) is 0.332. The normalized spacial score (nSPS) is 15.1. The molecular formula is C31H24ClF3N2O5S. The molecule has 1 atom stereocenters. The number of ether oxygens (including phenoxy) is 3. The number of aromatic nitrogens is 1. The fourth-order valence-corrected chi connectivity index (χ4v) is 5.71.